The van der Waals surface area contributed by atoms with Gasteiger partial charge in [0.2, 0.25) is 5.91 Å². The summed E-state index contributed by atoms with van der Waals surface area (Å²) in [5, 5.41) is 9.02. The molecule has 0 spiro atoms. The second-order valence-electron chi connectivity index (χ2n) is 5.25. The molecule has 4 heteroatoms. The zero-order valence-corrected chi connectivity index (χ0v) is 12.3. The Morgan fingerprint density at radius 1 is 1.23 bits per heavy atom. The number of hydrogen-bond acceptors (Lipinski definition) is 3. The SMILES string of the molecule is COc1ccc2c(c1)C(CC#N)C(=O)N2Cc1ccccc1. The number of hydrogen-bond donors (Lipinski definition) is 0. The van der Waals surface area contributed by atoms with E-state index in [0.717, 1.165) is 16.8 Å². The molecule has 1 heterocycles. The third-order valence-electron chi connectivity index (χ3n) is 3.94. The first kappa shape index (κ1) is 14.2. The summed E-state index contributed by atoms with van der Waals surface area (Å²) in [6.07, 6.45) is 0.185. The molecule has 0 bridgehead atoms. The number of carbonyl (C=O) groups excluding carboxylic acids is 1. The van der Waals surface area contributed by atoms with Gasteiger partial charge in [0.15, 0.2) is 0 Å². The highest BCUT2D eigenvalue weighted by Crippen LogP contribution is 2.41. The highest BCUT2D eigenvalue weighted by molar-refractivity contribution is 6.05. The van der Waals surface area contributed by atoms with E-state index < -0.39 is 5.92 Å². The molecule has 0 fully saturated rings. The third kappa shape index (κ3) is 2.42. The summed E-state index contributed by atoms with van der Waals surface area (Å²) in [7, 11) is 1.60. The molecule has 2 aromatic carbocycles. The molecule has 0 saturated heterocycles. The van der Waals surface area contributed by atoms with E-state index in [4.69, 9.17) is 10.00 Å². The Morgan fingerprint density at radius 2 is 2.00 bits per heavy atom. The average Bonchev–Trinajstić information content (AvgIpc) is 2.81. The number of rotatable bonds is 4. The van der Waals surface area contributed by atoms with E-state index in [2.05, 4.69) is 6.07 Å². The van der Waals surface area contributed by atoms with Gasteiger partial charge in [-0.2, -0.15) is 5.26 Å². The van der Waals surface area contributed by atoms with E-state index in [1.54, 1.807) is 12.0 Å². The minimum atomic E-state index is -0.404. The summed E-state index contributed by atoms with van der Waals surface area (Å²) in [5.74, 6) is 0.281. The van der Waals surface area contributed by atoms with Gasteiger partial charge in [-0.15, -0.1) is 0 Å². The van der Waals surface area contributed by atoms with Crippen LogP contribution in [0.1, 0.15) is 23.5 Å². The normalized spacial score (nSPS) is 16.3. The summed E-state index contributed by atoms with van der Waals surface area (Å²) < 4.78 is 5.24. The molecule has 0 aliphatic carbocycles. The molecule has 1 amide bonds. The largest absolute Gasteiger partial charge is 0.497 e. The van der Waals surface area contributed by atoms with Gasteiger partial charge in [0.05, 0.1) is 32.1 Å². The zero-order valence-electron chi connectivity index (χ0n) is 12.3. The Balaban J connectivity index is 1.99. The van der Waals surface area contributed by atoms with Crippen molar-refractivity contribution in [1.29, 1.82) is 5.26 Å². The number of amides is 1. The molecule has 0 saturated carbocycles. The molecule has 110 valence electrons. The van der Waals surface area contributed by atoms with Crippen molar-refractivity contribution >= 4 is 11.6 Å². The lowest BCUT2D eigenvalue weighted by Gasteiger charge is -2.18. The summed E-state index contributed by atoms with van der Waals surface area (Å²) in [6.45, 7) is 0.515. The first-order valence-electron chi connectivity index (χ1n) is 7.14. The molecule has 0 radical (unpaired) electrons. The van der Waals surface area contributed by atoms with Crippen LogP contribution in [0, 0.1) is 11.3 Å². The second-order valence-corrected chi connectivity index (χ2v) is 5.25. The fourth-order valence-electron chi connectivity index (χ4n) is 2.84. The van der Waals surface area contributed by atoms with Crippen molar-refractivity contribution in [3.63, 3.8) is 0 Å². The van der Waals surface area contributed by atoms with Gasteiger partial charge in [0.25, 0.3) is 0 Å². The van der Waals surface area contributed by atoms with Crippen molar-refractivity contribution in [3.05, 3.63) is 59.7 Å². The van der Waals surface area contributed by atoms with Crippen LogP contribution in [0.3, 0.4) is 0 Å². The van der Waals surface area contributed by atoms with Crippen LogP contribution < -0.4 is 9.64 Å². The van der Waals surface area contributed by atoms with Gasteiger partial charge in [0.1, 0.15) is 5.75 Å². The van der Waals surface area contributed by atoms with Gasteiger partial charge in [-0.1, -0.05) is 30.3 Å². The van der Waals surface area contributed by atoms with Crippen molar-refractivity contribution in [1.82, 2.24) is 0 Å². The van der Waals surface area contributed by atoms with Crippen LogP contribution in [0.5, 0.6) is 5.75 Å². The molecule has 0 N–H and O–H groups in total. The minimum Gasteiger partial charge on any atom is -0.497 e. The number of nitriles is 1. The van der Waals surface area contributed by atoms with E-state index in [1.165, 1.54) is 0 Å². The predicted octanol–water partition coefficient (Wildman–Crippen LogP) is 3.24. The molecule has 1 aliphatic rings. The summed E-state index contributed by atoms with van der Waals surface area (Å²) in [5.41, 5.74) is 2.81. The van der Waals surface area contributed by atoms with E-state index in [0.29, 0.717) is 12.3 Å². The van der Waals surface area contributed by atoms with Crippen LogP contribution in [0.25, 0.3) is 0 Å². The van der Waals surface area contributed by atoms with Crippen molar-refractivity contribution in [2.45, 2.75) is 18.9 Å². The molecular formula is C18H16N2O2. The Labute approximate surface area is 129 Å². The van der Waals surface area contributed by atoms with Gasteiger partial charge in [-0.05, 0) is 29.3 Å². The molecular weight excluding hydrogens is 276 g/mol. The maximum atomic E-state index is 12.7. The topological polar surface area (TPSA) is 53.3 Å². The number of benzene rings is 2. The fourth-order valence-corrected chi connectivity index (χ4v) is 2.84. The van der Waals surface area contributed by atoms with Crippen LogP contribution >= 0.6 is 0 Å². The van der Waals surface area contributed by atoms with Crippen LogP contribution in [0.2, 0.25) is 0 Å². The van der Waals surface area contributed by atoms with Gasteiger partial charge in [-0.3, -0.25) is 4.79 Å². The molecule has 3 rings (SSSR count). The van der Waals surface area contributed by atoms with Gasteiger partial charge < -0.3 is 9.64 Å². The van der Waals surface area contributed by atoms with Crippen LogP contribution in [-0.4, -0.2) is 13.0 Å². The molecule has 1 unspecified atom stereocenters. The number of anilines is 1. The molecule has 4 nitrogen and oxygen atoms in total. The zero-order chi connectivity index (χ0) is 15.5. The minimum absolute atomic E-state index is 0.0198. The Morgan fingerprint density at radius 3 is 2.68 bits per heavy atom. The van der Waals surface area contributed by atoms with Crippen LogP contribution in [0.4, 0.5) is 5.69 Å². The highest BCUT2D eigenvalue weighted by Gasteiger charge is 2.37. The van der Waals surface area contributed by atoms with Gasteiger partial charge in [0, 0.05) is 5.69 Å². The lowest BCUT2D eigenvalue weighted by molar-refractivity contribution is -0.119. The number of methoxy groups -OCH3 is 1. The van der Waals surface area contributed by atoms with E-state index >= 15 is 0 Å². The lowest BCUT2D eigenvalue weighted by Crippen LogP contribution is -2.28. The Hall–Kier alpha value is -2.80. The van der Waals surface area contributed by atoms with Crippen LogP contribution in [-0.2, 0) is 11.3 Å². The predicted molar refractivity (Wildman–Crippen MR) is 83.6 cm³/mol. The highest BCUT2D eigenvalue weighted by atomic mass is 16.5. The molecule has 0 aromatic heterocycles. The third-order valence-corrected chi connectivity index (χ3v) is 3.94. The average molecular weight is 292 g/mol. The van der Waals surface area contributed by atoms with Gasteiger partial charge in [-0.25, -0.2) is 0 Å². The van der Waals surface area contributed by atoms with Crippen molar-refractivity contribution in [2.75, 3.05) is 12.0 Å². The fraction of sp³-hybridized carbons (Fsp3) is 0.222. The number of nitrogens with zero attached hydrogens (tertiary/aromatic N) is 2. The smallest absolute Gasteiger partial charge is 0.235 e. The first-order chi connectivity index (χ1) is 10.7. The Bertz CT molecular complexity index is 734. The molecule has 22 heavy (non-hydrogen) atoms. The Kier molecular flexibility index (Phi) is 3.80. The van der Waals surface area contributed by atoms with E-state index in [-0.39, 0.29) is 12.3 Å². The van der Waals surface area contributed by atoms with Crippen molar-refractivity contribution < 1.29 is 9.53 Å². The maximum absolute atomic E-state index is 12.7. The number of ether oxygens (including phenoxy) is 1. The standard InChI is InChI=1S/C18H16N2O2/c1-22-14-7-8-17-16(11-14)15(9-10-19)18(21)20(17)12-13-5-3-2-4-6-13/h2-8,11,15H,9,12H2,1H3. The molecule has 1 atom stereocenters. The number of carbonyl (C=O) groups is 1. The molecule has 1 aliphatic heterocycles. The first-order valence-corrected chi connectivity index (χ1v) is 7.14. The monoisotopic (exact) mass is 292 g/mol. The quantitative estimate of drug-likeness (QED) is 0.869. The van der Waals surface area contributed by atoms with E-state index in [9.17, 15) is 4.79 Å². The number of fused-ring (bicyclic) bond motifs is 1. The lowest BCUT2D eigenvalue weighted by atomic mass is 9.98. The second kappa shape index (κ2) is 5.90. The van der Waals surface area contributed by atoms with E-state index in [1.807, 2.05) is 48.5 Å². The van der Waals surface area contributed by atoms with Crippen molar-refractivity contribution in [3.8, 4) is 11.8 Å². The maximum Gasteiger partial charge on any atom is 0.235 e. The van der Waals surface area contributed by atoms with Crippen LogP contribution in [0.15, 0.2) is 48.5 Å². The van der Waals surface area contributed by atoms with Crippen molar-refractivity contribution in [2.24, 2.45) is 0 Å². The van der Waals surface area contributed by atoms with Gasteiger partial charge >= 0.3 is 0 Å². The summed E-state index contributed by atoms with van der Waals surface area (Å²) in [6, 6.07) is 17.6. The summed E-state index contributed by atoms with van der Waals surface area (Å²) in [4.78, 5) is 14.4. The molecule has 2 aromatic rings. The summed E-state index contributed by atoms with van der Waals surface area (Å²) >= 11 is 0.